The summed E-state index contributed by atoms with van der Waals surface area (Å²) in [6.07, 6.45) is 1.01. The summed E-state index contributed by atoms with van der Waals surface area (Å²) in [5.41, 5.74) is 2.80. The molecule has 0 bridgehead atoms. The van der Waals surface area contributed by atoms with Crippen molar-refractivity contribution in [3.63, 3.8) is 0 Å². The highest BCUT2D eigenvalue weighted by Crippen LogP contribution is 2.14. The SMILES string of the molecule is CCN(Cc1ccc(N(C)C)cc1)C(=O)CCCNC(=O)c1ccc(Cl)cc1. The van der Waals surface area contributed by atoms with E-state index in [1.54, 1.807) is 24.3 Å². The summed E-state index contributed by atoms with van der Waals surface area (Å²) in [5.74, 6) is -0.0580. The molecule has 0 heterocycles. The molecule has 6 heteroatoms. The molecule has 2 amide bonds. The molecule has 0 atom stereocenters. The molecule has 5 nitrogen and oxygen atoms in total. The first-order valence-electron chi connectivity index (χ1n) is 9.48. The van der Waals surface area contributed by atoms with Gasteiger partial charge in [-0.15, -0.1) is 0 Å². The van der Waals surface area contributed by atoms with E-state index in [2.05, 4.69) is 29.6 Å². The van der Waals surface area contributed by atoms with E-state index in [1.807, 2.05) is 30.8 Å². The molecule has 0 unspecified atom stereocenters. The topological polar surface area (TPSA) is 52.6 Å². The zero-order chi connectivity index (χ0) is 20.5. The van der Waals surface area contributed by atoms with Crippen LogP contribution in [-0.2, 0) is 11.3 Å². The zero-order valence-corrected chi connectivity index (χ0v) is 17.5. The molecule has 2 aromatic rings. The minimum atomic E-state index is -0.155. The molecule has 0 saturated carbocycles. The van der Waals surface area contributed by atoms with Crippen molar-refractivity contribution in [1.29, 1.82) is 0 Å². The van der Waals surface area contributed by atoms with Crippen LogP contribution in [0, 0.1) is 0 Å². The molecule has 0 fully saturated rings. The van der Waals surface area contributed by atoms with Crippen molar-refractivity contribution in [2.24, 2.45) is 0 Å². The second-order valence-corrected chi connectivity index (χ2v) is 7.27. The Bertz CT molecular complexity index is 773. The Labute approximate surface area is 172 Å². The van der Waals surface area contributed by atoms with Crippen molar-refractivity contribution >= 4 is 29.1 Å². The average Bonchev–Trinajstić information content (AvgIpc) is 2.69. The molecule has 0 saturated heterocycles. The number of rotatable bonds is 9. The molecular weight excluding hydrogens is 374 g/mol. The lowest BCUT2D eigenvalue weighted by atomic mass is 10.1. The van der Waals surface area contributed by atoms with Gasteiger partial charge in [-0.2, -0.15) is 0 Å². The minimum Gasteiger partial charge on any atom is -0.378 e. The number of halogens is 1. The van der Waals surface area contributed by atoms with Gasteiger partial charge in [0.2, 0.25) is 5.91 Å². The van der Waals surface area contributed by atoms with Crippen molar-refractivity contribution in [3.05, 3.63) is 64.7 Å². The molecule has 0 spiro atoms. The van der Waals surface area contributed by atoms with Gasteiger partial charge in [-0.25, -0.2) is 0 Å². The van der Waals surface area contributed by atoms with E-state index in [0.717, 1.165) is 11.3 Å². The van der Waals surface area contributed by atoms with Gasteiger partial charge < -0.3 is 15.1 Å². The van der Waals surface area contributed by atoms with Crippen LogP contribution in [-0.4, -0.2) is 43.9 Å². The number of carbonyl (C=O) groups excluding carboxylic acids is 2. The van der Waals surface area contributed by atoms with Crippen molar-refractivity contribution in [2.45, 2.75) is 26.3 Å². The Morgan fingerprint density at radius 2 is 1.64 bits per heavy atom. The monoisotopic (exact) mass is 401 g/mol. The summed E-state index contributed by atoms with van der Waals surface area (Å²) in [7, 11) is 4.01. The number of amides is 2. The number of hydrogen-bond acceptors (Lipinski definition) is 3. The van der Waals surface area contributed by atoms with Gasteiger partial charge in [0.15, 0.2) is 0 Å². The normalized spacial score (nSPS) is 10.4. The molecule has 28 heavy (non-hydrogen) atoms. The first-order chi connectivity index (χ1) is 13.4. The number of nitrogens with zero attached hydrogens (tertiary/aromatic N) is 2. The van der Waals surface area contributed by atoms with Crippen LogP contribution in [0.15, 0.2) is 48.5 Å². The number of benzene rings is 2. The van der Waals surface area contributed by atoms with E-state index >= 15 is 0 Å². The fourth-order valence-electron chi connectivity index (χ4n) is 2.80. The van der Waals surface area contributed by atoms with Crippen LogP contribution in [0.25, 0.3) is 0 Å². The quantitative estimate of drug-likeness (QED) is 0.647. The van der Waals surface area contributed by atoms with Gasteiger partial charge in [0, 0.05) is 56.4 Å². The minimum absolute atomic E-state index is 0.0972. The third-order valence-corrected chi connectivity index (χ3v) is 4.77. The van der Waals surface area contributed by atoms with Gasteiger partial charge in [-0.1, -0.05) is 23.7 Å². The summed E-state index contributed by atoms with van der Waals surface area (Å²) in [6.45, 7) is 3.70. The van der Waals surface area contributed by atoms with Gasteiger partial charge in [0.1, 0.15) is 0 Å². The molecule has 2 aromatic carbocycles. The maximum atomic E-state index is 12.5. The Balaban J connectivity index is 1.77. The second-order valence-electron chi connectivity index (χ2n) is 6.84. The molecule has 2 rings (SSSR count). The van der Waals surface area contributed by atoms with Gasteiger partial charge in [0.05, 0.1) is 0 Å². The van der Waals surface area contributed by atoms with Crippen LogP contribution < -0.4 is 10.2 Å². The van der Waals surface area contributed by atoms with Crippen molar-refractivity contribution in [1.82, 2.24) is 10.2 Å². The Morgan fingerprint density at radius 1 is 1.00 bits per heavy atom. The maximum Gasteiger partial charge on any atom is 0.251 e. The molecule has 150 valence electrons. The molecule has 1 N–H and O–H groups in total. The van der Waals surface area contributed by atoms with Gasteiger partial charge >= 0.3 is 0 Å². The maximum absolute atomic E-state index is 12.5. The first-order valence-corrected chi connectivity index (χ1v) is 9.86. The zero-order valence-electron chi connectivity index (χ0n) is 16.7. The molecule has 0 aliphatic heterocycles. The third-order valence-electron chi connectivity index (χ3n) is 4.52. The largest absolute Gasteiger partial charge is 0.378 e. The van der Waals surface area contributed by atoms with Crippen LogP contribution in [0.1, 0.15) is 35.7 Å². The number of nitrogens with one attached hydrogen (secondary N) is 1. The van der Waals surface area contributed by atoms with E-state index in [4.69, 9.17) is 11.6 Å². The smallest absolute Gasteiger partial charge is 0.251 e. The lowest BCUT2D eigenvalue weighted by Crippen LogP contribution is -2.31. The summed E-state index contributed by atoms with van der Waals surface area (Å²) >= 11 is 5.82. The second kappa shape index (κ2) is 10.7. The molecule has 0 aliphatic carbocycles. The fourth-order valence-corrected chi connectivity index (χ4v) is 2.93. The third kappa shape index (κ3) is 6.57. The Kier molecular flexibility index (Phi) is 8.33. The summed E-state index contributed by atoms with van der Waals surface area (Å²) < 4.78 is 0. The number of hydrogen-bond donors (Lipinski definition) is 1. The molecule has 0 aliphatic rings. The molecule has 0 radical (unpaired) electrons. The number of anilines is 1. The lowest BCUT2D eigenvalue weighted by molar-refractivity contribution is -0.131. The van der Waals surface area contributed by atoms with Crippen molar-refractivity contribution in [2.75, 3.05) is 32.1 Å². The van der Waals surface area contributed by atoms with Crippen LogP contribution in [0.2, 0.25) is 5.02 Å². The van der Waals surface area contributed by atoms with E-state index < -0.39 is 0 Å². The van der Waals surface area contributed by atoms with Crippen LogP contribution >= 0.6 is 11.6 Å². The summed E-state index contributed by atoms with van der Waals surface area (Å²) in [5, 5.41) is 3.44. The highest BCUT2D eigenvalue weighted by Gasteiger charge is 2.12. The Morgan fingerprint density at radius 3 is 2.21 bits per heavy atom. The number of carbonyl (C=O) groups is 2. The summed E-state index contributed by atoms with van der Waals surface area (Å²) in [4.78, 5) is 28.4. The highest BCUT2D eigenvalue weighted by atomic mass is 35.5. The van der Waals surface area contributed by atoms with Gasteiger partial charge in [-0.3, -0.25) is 9.59 Å². The highest BCUT2D eigenvalue weighted by molar-refractivity contribution is 6.30. The lowest BCUT2D eigenvalue weighted by Gasteiger charge is -2.22. The van der Waals surface area contributed by atoms with E-state index in [9.17, 15) is 9.59 Å². The average molecular weight is 402 g/mol. The fraction of sp³-hybridized carbons (Fsp3) is 0.364. The van der Waals surface area contributed by atoms with Gasteiger partial charge in [-0.05, 0) is 55.3 Å². The predicted molar refractivity (Wildman–Crippen MR) is 115 cm³/mol. The van der Waals surface area contributed by atoms with E-state index in [1.165, 1.54) is 0 Å². The summed E-state index contributed by atoms with van der Waals surface area (Å²) in [6, 6.07) is 15.0. The van der Waals surface area contributed by atoms with Gasteiger partial charge in [0.25, 0.3) is 5.91 Å². The van der Waals surface area contributed by atoms with E-state index in [0.29, 0.717) is 43.1 Å². The van der Waals surface area contributed by atoms with E-state index in [-0.39, 0.29) is 11.8 Å². The molecular formula is C22H28ClN3O2. The van der Waals surface area contributed by atoms with Crippen LogP contribution in [0.5, 0.6) is 0 Å². The predicted octanol–water partition coefficient (Wildman–Crippen LogP) is 3.96. The first kappa shape index (κ1) is 21.8. The standard InChI is InChI=1S/C22H28ClN3O2/c1-4-26(16-17-7-13-20(14-8-17)25(2)3)21(27)6-5-15-24-22(28)18-9-11-19(23)12-10-18/h7-14H,4-6,15-16H2,1-3H3,(H,24,28). The van der Waals surface area contributed by atoms with Crippen LogP contribution in [0.4, 0.5) is 5.69 Å². The molecule has 0 aromatic heterocycles. The van der Waals surface area contributed by atoms with Crippen molar-refractivity contribution in [3.8, 4) is 0 Å². The Hall–Kier alpha value is -2.53. The van der Waals surface area contributed by atoms with Crippen LogP contribution in [0.3, 0.4) is 0 Å². The van der Waals surface area contributed by atoms with Crippen molar-refractivity contribution < 1.29 is 9.59 Å².